The number of carboxylic acids is 1. The molecule has 104 valence electrons. The van der Waals surface area contributed by atoms with Gasteiger partial charge in [-0.1, -0.05) is 30.3 Å². The van der Waals surface area contributed by atoms with E-state index < -0.39 is 5.97 Å². The number of rotatable bonds is 7. The van der Waals surface area contributed by atoms with Gasteiger partial charge in [-0.2, -0.15) is 0 Å². The Bertz CT molecular complexity index is 420. The number of nitrogens with zero attached hydrogens (tertiary/aromatic N) is 1. The maximum absolute atomic E-state index is 11.9. The molecule has 5 nitrogen and oxygen atoms in total. The van der Waals surface area contributed by atoms with Crippen LogP contribution in [0.15, 0.2) is 30.3 Å². The maximum Gasteiger partial charge on any atom is 0.304 e. The van der Waals surface area contributed by atoms with E-state index >= 15 is 0 Å². The lowest BCUT2D eigenvalue weighted by Gasteiger charge is -2.25. The summed E-state index contributed by atoms with van der Waals surface area (Å²) in [6, 6.07) is 9.77. The van der Waals surface area contributed by atoms with Gasteiger partial charge in [0.15, 0.2) is 0 Å². The first-order chi connectivity index (χ1) is 9.02. The second-order valence-corrected chi connectivity index (χ2v) is 4.41. The molecule has 0 aromatic heterocycles. The molecule has 19 heavy (non-hydrogen) atoms. The van der Waals surface area contributed by atoms with Gasteiger partial charge < -0.3 is 15.3 Å². The number of carbonyl (C=O) groups is 2. The van der Waals surface area contributed by atoms with Gasteiger partial charge in [-0.25, -0.2) is 0 Å². The summed E-state index contributed by atoms with van der Waals surface area (Å²) in [7, 11) is 1.75. The fourth-order valence-corrected chi connectivity index (χ4v) is 1.69. The van der Waals surface area contributed by atoms with Crippen LogP contribution in [-0.4, -0.2) is 42.0 Å². The molecule has 0 aliphatic rings. The van der Waals surface area contributed by atoms with Crippen molar-refractivity contribution < 1.29 is 14.7 Å². The van der Waals surface area contributed by atoms with Crippen molar-refractivity contribution in [2.24, 2.45) is 0 Å². The van der Waals surface area contributed by atoms with Crippen LogP contribution in [0, 0.1) is 0 Å². The molecule has 0 aliphatic heterocycles. The molecular weight excluding hydrogens is 244 g/mol. The van der Waals surface area contributed by atoms with Crippen molar-refractivity contribution in [3.63, 3.8) is 0 Å². The quantitative estimate of drug-likeness (QED) is 0.728. The zero-order valence-corrected chi connectivity index (χ0v) is 11.3. The van der Waals surface area contributed by atoms with Crippen molar-refractivity contribution in [2.45, 2.75) is 19.4 Å². The average Bonchev–Trinajstić information content (AvgIpc) is 2.42. The molecule has 0 spiro atoms. The molecule has 1 rings (SSSR count). The molecule has 5 heteroatoms. The molecule has 0 heterocycles. The summed E-state index contributed by atoms with van der Waals surface area (Å²) in [5.41, 5.74) is 1.07. The molecule has 0 bridgehead atoms. The summed E-state index contributed by atoms with van der Waals surface area (Å²) in [5.74, 6) is -0.923. The number of aliphatic carboxylic acids is 1. The highest BCUT2D eigenvalue weighted by molar-refractivity contribution is 5.78. The van der Waals surface area contributed by atoms with Gasteiger partial charge in [-0.3, -0.25) is 9.59 Å². The van der Waals surface area contributed by atoms with Crippen LogP contribution in [0.3, 0.4) is 0 Å². The molecule has 1 atom stereocenters. The minimum absolute atomic E-state index is 0.00465. The number of hydrogen-bond acceptors (Lipinski definition) is 3. The van der Waals surface area contributed by atoms with Gasteiger partial charge in [-0.05, 0) is 12.5 Å². The minimum atomic E-state index is -0.869. The van der Waals surface area contributed by atoms with E-state index in [2.05, 4.69) is 5.32 Å². The minimum Gasteiger partial charge on any atom is -0.481 e. The Balaban J connectivity index is 2.42. The van der Waals surface area contributed by atoms with Crippen molar-refractivity contribution in [3.05, 3.63) is 35.9 Å². The van der Waals surface area contributed by atoms with Crippen LogP contribution in [0.5, 0.6) is 0 Å². The van der Waals surface area contributed by atoms with Crippen molar-refractivity contribution >= 4 is 11.9 Å². The molecule has 1 unspecified atom stereocenters. The van der Waals surface area contributed by atoms with Crippen molar-refractivity contribution in [1.82, 2.24) is 10.2 Å². The maximum atomic E-state index is 11.9. The Morgan fingerprint density at radius 1 is 1.32 bits per heavy atom. The van der Waals surface area contributed by atoms with Crippen LogP contribution in [0.25, 0.3) is 0 Å². The van der Waals surface area contributed by atoms with Gasteiger partial charge in [0.05, 0.1) is 19.0 Å². The van der Waals surface area contributed by atoms with E-state index in [1.165, 1.54) is 0 Å². The van der Waals surface area contributed by atoms with E-state index in [1.54, 1.807) is 11.9 Å². The Labute approximate surface area is 113 Å². The monoisotopic (exact) mass is 264 g/mol. The fraction of sp³-hybridized carbons (Fsp3) is 0.429. The van der Waals surface area contributed by atoms with Gasteiger partial charge in [0.1, 0.15) is 0 Å². The van der Waals surface area contributed by atoms with Crippen LogP contribution >= 0.6 is 0 Å². The molecule has 0 aliphatic carbocycles. The van der Waals surface area contributed by atoms with Crippen molar-refractivity contribution in [3.8, 4) is 0 Å². The first-order valence-corrected chi connectivity index (χ1v) is 6.25. The first-order valence-electron chi connectivity index (χ1n) is 6.25. The number of nitrogens with one attached hydrogen (secondary N) is 1. The van der Waals surface area contributed by atoms with Crippen molar-refractivity contribution in [1.29, 1.82) is 0 Å². The zero-order valence-electron chi connectivity index (χ0n) is 11.3. The highest BCUT2D eigenvalue weighted by Gasteiger charge is 2.16. The Hall–Kier alpha value is -1.88. The average molecular weight is 264 g/mol. The van der Waals surface area contributed by atoms with E-state index in [4.69, 9.17) is 5.11 Å². The van der Waals surface area contributed by atoms with Crippen LogP contribution < -0.4 is 5.32 Å². The van der Waals surface area contributed by atoms with Crippen LogP contribution in [-0.2, 0) is 9.59 Å². The number of amides is 1. The Kier molecular flexibility index (Phi) is 6.02. The topological polar surface area (TPSA) is 69.6 Å². The molecule has 1 aromatic carbocycles. The lowest BCUT2D eigenvalue weighted by atomic mass is 10.1. The van der Waals surface area contributed by atoms with Crippen LogP contribution in [0.2, 0.25) is 0 Å². The smallest absolute Gasteiger partial charge is 0.304 e. The van der Waals surface area contributed by atoms with E-state index in [9.17, 15) is 9.59 Å². The van der Waals surface area contributed by atoms with E-state index in [1.807, 2.05) is 37.3 Å². The third-order valence-electron chi connectivity index (χ3n) is 3.05. The number of likely N-dealkylation sites (N-methyl/N-ethyl adjacent to an activating group) is 1. The second kappa shape index (κ2) is 7.53. The summed E-state index contributed by atoms with van der Waals surface area (Å²) in [6.45, 7) is 2.42. The normalized spacial score (nSPS) is 11.9. The largest absolute Gasteiger partial charge is 0.481 e. The first kappa shape index (κ1) is 15.2. The van der Waals surface area contributed by atoms with Crippen LogP contribution in [0.1, 0.15) is 24.9 Å². The lowest BCUT2D eigenvalue weighted by Crippen LogP contribution is -2.37. The molecule has 0 saturated carbocycles. The fourth-order valence-electron chi connectivity index (χ4n) is 1.69. The van der Waals surface area contributed by atoms with Gasteiger partial charge in [-0.15, -0.1) is 0 Å². The Morgan fingerprint density at radius 2 is 1.95 bits per heavy atom. The second-order valence-electron chi connectivity index (χ2n) is 4.41. The van der Waals surface area contributed by atoms with E-state index in [-0.39, 0.29) is 24.9 Å². The summed E-state index contributed by atoms with van der Waals surface area (Å²) >= 11 is 0. The number of benzene rings is 1. The molecule has 2 N–H and O–H groups in total. The van der Waals surface area contributed by atoms with Crippen molar-refractivity contribution in [2.75, 3.05) is 20.1 Å². The van der Waals surface area contributed by atoms with E-state index in [0.29, 0.717) is 6.54 Å². The molecule has 1 aromatic rings. The van der Waals surface area contributed by atoms with Gasteiger partial charge in [0.2, 0.25) is 5.91 Å². The standard InChI is InChI=1S/C14H20N2O3/c1-11(12-6-4-3-5-7-12)16(2)13(17)10-15-9-8-14(18)19/h3-7,11,15H,8-10H2,1-2H3,(H,18,19). The predicted molar refractivity (Wildman–Crippen MR) is 72.7 cm³/mol. The summed E-state index contributed by atoms with van der Waals surface area (Å²) in [5, 5.41) is 11.3. The van der Waals surface area contributed by atoms with Gasteiger partial charge in [0.25, 0.3) is 0 Å². The van der Waals surface area contributed by atoms with Gasteiger partial charge >= 0.3 is 5.97 Å². The SMILES string of the molecule is CC(c1ccccc1)N(C)C(=O)CNCCC(=O)O. The predicted octanol–water partition coefficient (Wildman–Crippen LogP) is 1.27. The highest BCUT2D eigenvalue weighted by atomic mass is 16.4. The number of hydrogen-bond donors (Lipinski definition) is 2. The third-order valence-corrected chi connectivity index (χ3v) is 3.05. The summed E-state index contributed by atoms with van der Waals surface area (Å²) < 4.78 is 0. The summed E-state index contributed by atoms with van der Waals surface area (Å²) in [6.07, 6.45) is 0.0191. The Morgan fingerprint density at radius 3 is 2.53 bits per heavy atom. The number of carboxylic acid groups (broad SMARTS) is 1. The molecule has 1 amide bonds. The lowest BCUT2D eigenvalue weighted by molar-refractivity contribution is -0.137. The third kappa shape index (κ3) is 5.09. The molecule has 0 fully saturated rings. The highest BCUT2D eigenvalue weighted by Crippen LogP contribution is 2.17. The molecular formula is C14H20N2O3. The number of carbonyl (C=O) groups excluding carboxylic acids is 1. The van der Waals surface area contributed by atoms with Gasteiger partial charge in [0, 0.05) is 13.6 Å². The van der Waals surface area contributed by atoms with Crippen LogP contribution in [0.4, 0.5) is 0 Å². The van der Waals surface area contributed by atoms with E-state index in [0.717, 1.165) is 5.56 Å². The zero-order chi connectivity index (χ0) is 14.3. The summed E-state index contributed by atoms with van der Waals surface area (Å²) in [4.78, 5) is 23.9. The molecule has 0 radical (unpaired) electrons. The molecule has 0 saturated heterocycles.